The number of allylic oxidation sites excluding steroid dienone is 1. The number of nitrogens with zero attached hydrogens (tertiary/aromatic N) is 3. The Kier molecular flexibility index (Phi) is 9.75. The van der Waals surface area contributed by atoms with Crippen LogP contribution >= 0.6 is 0 Å². The van der Waals surface area contributed by atoms with Crippen LogP contribution in [0.15, 0.2) is 48.8 Å². The Morgan fingerprint density at radius 1 is 1.12 bits per heavy atom. The van der Waals surface area contributed by atoms with Crippen molar-refractivity contribution >= 4 is 6.03 Å². The number of amides is 2. The lowest BCUT2D eigenvalue weighted by atomic mass is 9.96. The van der Waals surface area contributed by atoms with E-state index in [0.717, 1.165) is 45.6 Å². The number of piperidine rings is 2. The number of carbonyl (C=O) groups is 1. The molecule has 0 saturated carbocycles. The van der Waals surface area contributed by atoms with E-state index in [4.69, 9.17) is 0 Å². The molecule has 2 aliphatic rings. The Labute approximate surface area is 192 Å². The number of hydrogen-bond acceptors (Lipinski definition) is 3. The van der Waals surface area contributed by atoms with Gasteiger partial charge in [0.2, 0.25) is 0 Å². The number of benzene rings is 1. The number of rotatable bonds is 8. The van der Waals surface area contributed by atoms with Crippen LogP contribution in [0.3, 0.4) is 0 Å². The molecular formula is C26H39FN4O. The summed E-state index contributed by atoms with van der Waals surface area (Å²) < 4.78 is 12.2. The van der Waals surface area contributed by atoms with E-state index in [0.29, 0.717) is 18.9 Å². The molecule has 176 valence electrons. The molecule has 1 aromatic carbocycles. The van der Waals surface area contributed by atoms with Gasteiger partial charge in [-0.05, 0) is 69.8 Å². The van der Waals surface area contributed by atoms with Gasteiger partial charge in [0.1, 0.15) is 0 Å². The molecule has 0 radical (unpaired) electrons. The van der Waals surface area contributed by atoms with Gasteiger partial charge in [0.25, 0.3) is 0 Å². The molecular weight excluding hydrogens is 403 g/mol. The Hall–Kier alpha value is -2.18. The third kappa shape index (κ3) is 6.91. The fraction of sp³-hybridized carbons (Fsp3) is 0.577. The summed E-state index contributed by atoms with van der Waals surface area (Å²) in [5.74, 6) is 0. The van der Waals surface area contributed by atoms with E-state index in [1.54, 1.807) is 0 Å². The van der Waals surface area contributed by atoms with E-state index in [-0.39, 0.29) is 18.6 Å². The van der Waals surface area contributed by atoms with Crippen molar-refractivity contribution < 1.29 is 9.18 Å². The van der Waals surface area contributed by atoms with Crippen molar-refractivity contribution in [3.63, 3.8) is 0 Å². The van der Waals surface area contributed by atoms with Crippen molar-refractivity contribution in [2.75, 3.05) is 39.3 Å². The number of halogens is 1. The van der Waals surface area contributed by atoms with Crippen LogP contribution in [0, 0.1) is 6.92 Å². The summed E-state index contributed by atoms with van der Waals surface area (Å²) in [6, 6.07) is 9.47. The maximum atomic E-state index is 12.6. The third-order valence-corrected chi connectivity index (χ3v) is 6.93. The number of aryl methyl sites for hydroxylation is 1. The summed E-state index contributed by atoms with van der Waals surface area (Å²) >= 11 is 0. The standard InChI is InChI=1S/C26H39FN4O/c1-3-4-16-31(26(32)28-15-7-14-27)25-12-19-30(20-13-25)24-10-17-29(18-11-24)21-23-9-6-5-8-22(23)2/h3-9,14,24-25H,10-13,15-21H2,1-2H3,(H,28,32)/b4-3-,14-7+. The first kappa shape index (κ1) is 24.5. The van der Waals surface area contributed by atoms with Gasteiger partial charge in [-0.3, -0.25) is 4.90 Å². The highest BCUT2D eigenvalue weighted by atomic mass is 19.1. The number of carbonyl (C=O) groups excluding carboxylic acids is 1. The van der Waals surface area contributed by atoms with Gasteiger partial charge >= 0.3 is 6.03 Å². The number of nitrogens with one attached hydrogen (secondary N) is 1. The topological polar surface area (TPSA) is 38.8 Å². The van der Waals surface area contributed by atoms with Gasteiger partial charge in [-0.2, -0.15) is 0 Å². The maximum absolute atomic E-state index is 12.6. The molecule has 0 aromatic heterocycles. The molecule has 2 heterocycles. The van der Waals surface area contributed by atoms with E-state index < -0.39 is 0 Å². The summed E-state index contributed by atoms with van der Waals surface area (Å²) in [6.45, 7) is 10.4. The SMILES string of the molecule is C/C=C\CN(C(=O)NC/C=C/F)C1CCN(C2CCN(Cc3ccccc3C)CC2)CC1. The molecule has 1 aromatic rings. The predicted molar refractivity (Wildman–Crippen MR) is 129 cm³/mol. The molecule has 6 heteroatoms. The van der Waals surface area contributed by atoms with Crippen LogP contribution in [-0.4, -0.2) is 72.1 Å². The van der Waals surface area contributed by atoms with Crippen LogP contribution in [0.2, 0.25) is 0 Å². The Morgan fingerprint density at radius 3 is 2.50 bits per heavy atom. The second-order valence-corrected chi connectivity index (χ2v) is 8.97. The molecule has 0 unspecified atom stereocenters. The van der Waals surface area contributed by atoms with Crippen molar-refractivity contribution in [1.29, 1.82) is 0 Å². The average molecular weight is 443 g/mol. The average Bonchev–Trinajstić information content (AvgIpc) is 2.82. The molecule has 0 spiro atoms. The van der Waals surface area contributed by atoms with Crippen LogP contribution in [0.1, 0.15) is 43.7 Å². The summed E-state index contributed by atoms with van der Waals surface area (Å²) in [6.07, 6.45) is 10.2. The summed E-state index contributed by atoms with van der Waals surface area (Å²) in [7, 11) is 0. The predicted octanol–water partition coefficient (Wildman–Crippen LogP) is 4.49. The van der Waals surface area contributed by atoms with Gasteiger partial charge in [0, 0.05) is 44.8 Å². The minimum atomic E-state index is -0.107. The Balaban J connectivity index is 1.46. The van der Waals surface area contributed by atoms with Crippen molar-refractivity contribution in [3.05, 3.63) is 60.0 Å². The third-order valence-electron chi connectivity index (χ3n) is 6.93. The van der Waals surface area contributed by atoms with Gasteiger partial charge < -0.3 is 15.1 Å². The minimum Gasteiger partial charge on any atom is -0.334 e. The molecule has 32 heavy (non-hydrogen) atoms. The quantitative estimate of drug-likeness (QED) is 0.603. The molecule has 1 N–H and O–H groups in total. The van der Waals surface area contributed by atoms with Gasteiger partial charge in [-0.1, -0.05) is 36.4 Å². The van der Waals surface area contributed by atoms with E-state index >= 15 is 0 Å². The fourth-order valence-electron chi connectivity index (χ4n) is 4.94. The smallest absolute Gasteiger partial charge is 0.318 e. The first-order chi connectivity index (χ1) is 15.6. The molecule has 0 atom stereocenters. The first-order valence-corrected chi connectivity index (χ1v) is 12.0. The summed E-state index contributed by atoms with van der Waals surface area (Å²) in [4.78, 5) is 19.8. The lowest BCUT2D eigenvalue weighted by Gasteiger charge is -2.44. The number of likely N-dealkylation sites (tertiary alicyclic amines) is 2. The zero-order chi connectivity index (χ0) is 22.8. The van der Waals surface area contributed by atoms with E-state index in [1.807, 2.05) is 24.0 Å². The van der Waals surface area contributed by atoms with Gasteiger partial charge in [-0.25, -0.2) is 9.18 Å². The van der Waals surface area contributed by atoms with Crippen molar-refractivity contribution in [2.45, 2.75) is 58.2 Å². The maximum Gasteiger partial charge on any atom is 0.318 e. The Morgan fingerprint density at radius 2 is 1.84 bits per heavy atom. The van der Waals surface area contributed by atoms with Crippen molar-refractivity contribution in [3.8, 4) is 0 Å². The second-order valence-electron chi connectivity index (χ2n) is 8.97. The van der Waals surface area contributed by atoms with Crippen LogP contribution in [-0.2, 0) is 6.54 Å². The van der Waals surface area contributed by atoms with Gasteiger partial charge in [0.05, 0.1) is 6.33 Å². The van der Waals surface area contributed by atoms with Crippen LogP contribution in [0.5, 0.6) is 0 Å². The minimum absolute atomic E-state index is 0.107. The molecule has 0 bridgehead atoms. The number of hydrogen-bond donors (Lipinski definition) is 1. The second kappa shape index (κ2) is 12.8. The molecule has 0 aliphatic carbocycles. The lowest BCUT2D eigenvalue weighted by molar-refractivity contribution is 0.0638. The highest BCUT2D eigenvalue weighted by molar-refractivity contribution is 5.74. The van der Waals surface area contributed by atoms with Gasteiger partial charge in [0.15, 0.2) is 0 Å². The lowest BCUT2D eigenvalue weighted by Crippen LogP contribution is -2.53. The van der Waals surface area contributed by atoms with Crippen molar-refractivity contribution in [1.82, 2.24) is 20.0 Å². The zero-order valence-electron chi connectivity index (χ0n) is 19.7. The zero-order valence-corrected chi connectivity index (χ0v) is 19.7. The fourth-order valence-corrected chi connectivity index (χ4v) is 4.94. The van der Waals surface area contributed by atoms with Crippen LogP contribution in [0.4, 0.5) is 9.18 Å². The highest BCUT2D eigenvalue weighted by Gasteiger charge is 2.31. The van der Waals surface area contributed by atoms with E-state index in [9.17, 15) is 9.18 Å². The molecule has 2 saturated heterocycles. The summed E-state index contributed by atoms with van der Waals surface area (Å²) in [5.41, 5.74) is 2.82. The molecule has 2 amide bonds. The first-order valence-electron chi connectivity index (χ1n) is 12.0. The molecule has 2 aliphatic heterocycles. The van der Waals surface area contributed by atoms with E-state index in [2.05, 4.69) is 46.3 Å². The number of urea groups is 1. The molecule has 5 nitrogen and oxygen atoms in total. The highest BCUT2D eigenvalue weighted by Crippen LogP contribution is 2.24. The van der Waals surface area contributed by atoms with Crippen LogP contribution < -0.4 is 5.32 Å². The van der Waals surface area contributed by atoms with Crippen molar-refractivity contribution in [2.24, 2.45) is 0 Å². The normalized spacial score (nSPS) is 19.7. The molecule has 2 fully saturated rings. The van der Waals surface area contributed by atoms with Crippen LogP contribution in [0.25, 0.3) is 0 Å². The largest absolute Gasteiger partial charge is 0.334 e. The monoisotopic (exact) mass is 442 g/mol. The van der Waals surface area contributed by atoms with Gasteiger partial charge in [-0.15, -0.1) is 0 Å². The summed E-state index contributed by atoms with van der Waals surface area (Å²) in [5, 5.41) is 2.80. The van der Waals surface area contributed by atoms with E-state index in [1.165, 1.54) is 30.0 Å². The molecule has 3 rings (SSSR count). The Bertz CT molecular complexity index is 765.